The van der Waals surface area contributed by atoms with Gasteiger partial charge in [-0.15, -0.1) is 0 Å². The Labute approximate surface area is 118 Å². The molecule has 0 radical (unpaired) electrons. The molecule has 1 aliphatic heterocycles. The molecule has 0 amide bonds. The molecule has 1 unspecified atom stereocenters. The molecule has 0 aliphatic carbocycles. The van der Waals surface area contributed by atoms with Gasteiger partial charge in [0.1, 0.15) is 12.3 Å². The van der Waals surface area contributed by atoms with E-state index < -0.39 is 38.6 Å². The van der Waals surface area contributed by atoms with E-state index in [2.05, 4.69) is 14.3 Å². The number of aliphatic hydroxyl groups is 1. The summed E-state index contributed by atoms with van der Waals surface area (Å²) in [7, 11) is -4.66. The average Bonchev–Trinajstić information content (AvgIpc) is 2.76. The molecule has 0 bridgehead atoms. The highest BCUT2D eigenvalue weighted by atomic mass is 31.2. The van der Waals surface area contributed by atoms with Crippen LogP contribution in [0.1, 0.15) is 12.6 Å². The first-order valence-corrected chi connectivity index (χ1v) is 7.32. The minimum atomic E-state index is -4.66. The zero-order valence-electron chi connectivity index (χ0n) is 10.6. The quantitative estimate of drug-likeness (QED) is 0.360. The van der Waals surface area contributed by atoms with Gasteiger partial charge in [-0.3, -0.25) is 9.09 Å². The maximum atomic E-state index is 11.7. The van der Waals surface area contributed by atoms with Gasteiger partial charge in [0.2, 0.25) is 5.88 Å². The Morgan fingerprint density at radius 1 is 1.57 bits per heavy atom. The molecular formula is C9H14N3O8P. The minimum absolute atomic E-state index is 0.0413. The second-order valence-electron chi connectivity index (χ2n) is 4.29. The van der Waals surface area contributed by atoms with Crippen LogP contribution in [-0.2, 0) is 13.8 Å². The van der Waals surface area contributed by atoms with Crippen LogP contribution in [0, 0.1) is 0 Å². The van der Waals surface area contributed by atoms with Crippen LogP contribution in [0.2, 0.25) is 0 Å². The fourth-order valence-electron chi connectivity index (χ4n) is 1.89. The molecule has 3 atom stereocenters. The van der Waals surface area contributed by atoms with Crippen molar-refractivity contribution in [3.8, 4) is 5.88 Å². The van der Waals surface area contributed by atoms with E-state index in [1.807, 2.05) is 0 Å². The van der Waals surface area contributed by atoms with Gasteiger partial charge in [0.25, 0.3) is 0 Å². The van der Waals surface area contributed by atoms with Crippen molar-refractivity contribution in [3.63, 3.8) is 0 Å². The molecule has 118 valence electrons. The maximum absolute atomic E-state index is 11.7. The Bertz CT molecular complexity index is 601. The smallest absolute Gasteiger partial charge is 0.391 e. The van der Waals surface area contributed by atoms with Gasteiger partial charge in [-0.25, -0.2) is 9.36 Å². The average molecular weight is 323 g/mol. The van der Waals surface area contributed by atoms with Gasteiger partial charge in [0.05, 0.1) is 12.7 Å². The topological polar surface area (TPSA) is 166 Å². The molecule has 0 aromatic carbocycles. The molecule has 1 fully saturated rings. The van der Waals surface area contributed by atoms with E-state index in [0.717, 1.165) is 4.57 Å². The van der Waals surface area contributed by atoms with Crippen molar-refractivity contribution in [2.75, 3.05) is 6.61 Å². The molecule has 2 heterocycles. The summed E-state index contributed by atoms with van der Waals surface area (Å²) in [4.78, 5) is 36.8. The summed E-state index contributed by atoms with van der Waals surface area (Å²) in [6.45, 7) is -0.506. The number of phosphoric acid groups is 1. The predicted octanol–water partition coefficient (Wildman–Crippen LogP) is -1.75. The monoisotopic (exact) mass is 323 g/mol. The highest BCUT2D eigenvalue weighted by molar-refractivity contribution is 7.46. The molecule has 5 N–H and O–H groups in total. The Morgan fingerprint density at radius 2 is 2.29 bits per heavy atom. The van der Waals surface area contributed by atoms with E-state index in [9.17, 15) is 14.5 Å². The largest absolute Gasteiger partial charge is 0.469 e. The summed E-state index contributed by atoms with van der Waals surface area (Å²) in [5.74, 6) is 4.80. The van der Waals surface area contributed by atoms with Crippen molar-refractivity contribution >= 4 is 7.82 Å². The molecule has 0 saturated carbocycles. The fraction of sp³-hybridized carbons (Fsp3) is 0.556. The fourth-order valence-corrected chi connectivity index (χ4v) is 2.23. The third kappa shape index (κ3) is 4.08. The van der Waals surface area contributed by atoms with Crippen LogP contribution in [0.5, 0.6) is 5.88 Å². The van der Waals surface area contributed by atoms with Crippen LogP contribution in [-0.4, -0.2) is 43.3 Å². The summed E-state index contributed by atoms with van der Waals surface area (Å²) in [6, 6.07) is 1.33. The highest BCUT2D eigenvalue weighted by Crippen LogP contribution is 2.38. The van der Waals surface area contributed by atoms with Crippen molar-refractivity contribution in [2.24, 2.45) is 5.90 Å². The van der Waals surface area contributed by atoms with E-state index in [-0.39, 0.29) is 12.3 Å². The van der Waals surface area contributed by atoms with Gasteiger partial charge >= 0.3 is 13.5 Å². The summed E-state index contributed by atoms with van der Waals surface area (Å²) < 4.78 is 21.3. The second kappa shape index (κ2) is 6.20. The van der Waals surface area contributed by atoms with Gasteiger partial charge in [-0.05, 0) is 0 Å². The molecule has 0 spiro atoms. The first-order chi connectivity index (χ1) is 9.80. The van der Waals surface area contributed by atoms with Gasteiger partial charge in [0.15, 0.2) is 0 Å². The van der Waals surface area contributed by atoms with E-state index >= 15 is 0 Å². The van der Waals surface area contributed by atoms with Gasteiger partial charge < -0.3 is 24.5 Å². The number of phosphoric ester groups is 1. The van der Waals surface area contributed by atoms with E-state index in [1.54, 1.807) is 0 Å². The van der Waals surface area contributed by atoms with Crippen LogP contribution < -0.4 is 16.4 Å². The minimum Gasteiger partial charge on any atom is -0.391 e. The van der Waals surface area contributed by atoms with Crippen molar-refractivity contribution in [2.45, 2.75) is 24.9 Å². The molecule has 1 aromatic rings. The Balaban J connectivity index is 2.07. The first-order valence-electron chi connectivity index (χ1n) is 5.79. The lowest BCUT2D eigenvalue weighted by atomic mass is 10.2. The lowest BCUT2D eigenvalue weighted by Crippen LogP contribution is -2.28. The summed E-state index contributed by atoms with van der Waals surface area (Å²) in [5.41, 5.74) is -0.702. The third-order valence-corrected chi connectivity index (χ3v) is 3.33. The number of rotatable bonds is 5. The third-order valence-electron chi connectivity index (χ3n) is 2.85. The molecule has 2 rings (SSSR count). The van der Waals surface area contributed by atoms with E-state index in [1.165, 1.54) is 12.3 Å². The highest BCUT2D eigenvalue weighted by Gasteiger charge is 2.37. The zero-order chi connectivity index (χ0) is 15.6. The maximum Gasteiger partial charge on any atom is 0.469 e. The standard InChI is InChI=1S/C9H14N3O8P/c10-20-7-1-2-12(9(14)11-7)8-3-5(13)6(19-8)4-18-21(15,16)17/h1-2,5-6,8,13H,3-4,10H2,(H2,15,16,17)/t5-,6?,8-/m1/s1. The zero-order valence-corrected chi connectivity index (χ0v) is 11.5. The number of nitrogens with two attached hydrogens (primary N) is 1. The predicted molar refractivity (Wildman–Crippen MR) is 65.8 cm³/mol. The summed E-state index contributed by atoms with van der Waals surface area (Å²) in [6.07, 6.45) is -1.49. The van der Waals surface area contributed by atoms with Gasteiger partial charge in [-0.1, -0.05) is 0 Å². The lowest BCUT2D eigenvalue weighted by molar-refractivity contribution is -0.0451. The number of aromatic nitrogens is 2. The molecule has 1 aliphatic rings. The molecular weight excluding hydrogens is 309 g/mol. The van der Waals surface area contributed by atoms with Crippen molar-refractivity contribution in [3.05, 3.63) is 22.7 Å². The Morgan fingerprint density at radius 3 is 2.86 bits per heavy atom. The van der Waals surface area contributed by atoms with Crippen LogP contribution in [0.25, 0.3) is 0 Å². The van der Waals surface area contributed by atoms with Crippen LogP contribution in [0.15, 0.2) is 17.1 Å². The van der Waals surface area contributed by atoms with Gasteiger partial charge in [-0.2, -0.15) is 10.9 Å². The number of aliphatic hydroxyl groups excluding tert-OH is 1. The Kier molecular flexibility index (Phi) is 4.74. The first kappa shape index (κ1) is 16.0. The normalized spacial score (nSPS) is 26.0. The van der Waals surface area contributed by atoms with E-state index in [4.69, 9.17) is 20.4 Å². The summed E-state index contributed by atoms with van der Waals surface area (Å²) in [5, 5.41) is 9.77. The number of hydrogen-bond acceptors (Lipinski definition) is 8. The second-order valence-corrected chi connectivity index (χ2v) is 5.53. The number of hydrogen-bond donors (Lipinski definition) is 4. The van der Waals surface area contributed by atoms with E-state index in [0.29, 0.717) is 0 Å². The summed E-state index contributed by atoms with van der Waals surface area (Å²) >= 11 is 0. The molecule has 12 heteroatoms. The van der Waals surface area contributed by atoms with Gasteiger partial charge in [0, 0.05) is 18.7 Å². The van der Waals surface area contributed by atoms with Crippen LogP contribution in [0.4, 0.5) is 0 Å². The molecule has 11 nitrogen and oxygen atoms in total. The van der Waals surface area contributed by atoms with Crippen molar-refractivity contribution in [1.29, 1.82) is 0 Å². The number of ether oxygens (including phenoxy) is 1. The van der Waals surface area contributed by atoms with Crippen LogP contribution >= 0.6 is 7.82 Å². The molecule has 1 aromatic heterocycles. The molecule has 1 saturated heterocycles. The van der Waals surface area contributed by atoms with Crippen molar-refractivity contribution in [1.82, 2.24) is 9.55 Å². The number of nitrogens with zero attached hydrogens (tertiary/aromatic N) is 2. The molecule has 21 heavy (non-hydrogen) atoms. The lowest BCUT2D eigenvalue weighted by Gasteiger charge is -2.16. The van der Waals surface area contributed by atoms with Crippen LogP contribution in [0.3, 0.4) is 0 Å². The Hall–Kier alpha value is -1.33. The van der Waals surface area contributed by atoms with Crippen molar-refractivity contribution < 1.29 is 33.6 Å². The SMILES string of the molecule is NOc1ccn([C@H]2C[C@@H](O)C(COP(=O)(O)O)O2)c(=O)n1.